The van der Waals surface area contributed by atoms with Crippen molar-refractivity contribution in [3.63, 3.8) is 0 Å². The molecule has 0 saturated heterocycles. The van der Waals surface area contributed by atoms with Gasteiger partial charge in [-0.3, -0.25) is 9.59 Å². The number of carbonyl (C=O) groups excluding carboxylic acids is 2. The summed E-state index contributed by atoms with van der Waals surface area (Å²) >= 11 is 0. The van der Waals surface area contributed by atoms with Gasteiger partial charge >= 0.3 is 11.9 Å². The quantitative estimate of drug-likeness (QED) is 0.498. The summed E-state index contributed by atoms with van der Waals surface area (Å²) in [6.07, 6.45) is 0.407. The lowest BCUT2D eigenvalue weighted by Gasteiger charge is -2.16. The fraction of sp³-hybridized carbons (Fsp3) is 0.200. The lowest BCUT2D eigenvalue weighted by Crippen LogP contribution is -2.24. The Morgan fingerprint density at radius 1 is 0.621 bits per heavy atom. The van der Waals surface area contributed by atoms with Crippen LogP contribution in [0.5, 0.6) is 0 Å². The van der Waals surface area contributed by atoms with E-state index in [0.717, 1.165) is 16.7 Å². The number of ether oxygens (including phenoxy) is 2. The van der Waals surface area contributed by atoms with Crippen LogP contribution in [0.2, 0.25) is 0 Å². The molecule has 0 aliphatic rings. The van der Waals surface area contributed by atoms with Crippen molar-refractivity contribution in [1.82, 2.24) is 0 Å². The summed E-state index contributed by atoms with van der Waals surface area (Å²) < 4.78 is 10.8. The average molecular weight is 388 g/mol. The maximum absolute atomic E-state index is 12.7. The van der Waals surface area contributed by atoms with E-state index < -0.39 is 17.9 Å². The predicted molar refractivity (Wildman–Crippen MR) is 111 cm³/mol. The van der Waals surface area contributed by atoms with E-state index in [1.54, 1.807) is 0 Å². The molecule has 0 fully saturated rings. The highest BCUT2D eigenvalue weighted by atomic mass is 16.5. The minimum atomic E-state index is -0.593. The second-order valence-corrected chi connectivity index (χ2v) is 6.83. The average Bonchev–Trinajstić information content (AvgIpc) is 2.78. The zero-order valence-electron chi connectivity index (χ0n) is 16.2. The molecule has 0 bridgehead atoms. The van der Waals surface area contributed by atoms with Crippen LogP contribution in [0.25, 0.3) is 0 Å². The lowest BCUT2D eigenvalue weighted by molar-refractivity contribution is -0.156. The number of hydrogen-bond acceptors (Lipinski definition) is 4. The highest BCUT2D eigenvalue weighted by Gasteiger charge is 2.25. The maximum Gasteiger partial charge on any atom is 0.310 e. The van der Waals surface area contributed by atoms with Gasteiger partial charge in [-0.15, -0.1) is 0 Å². The van der Waals surface area contributed by atoms with Crippen LogP contribution in [0.1, 0.15) is 23.1 Å². The minimum Gasteiger partial charge on any atom is -0.461 e. The molecule has 1 atom stereocenters. The van der Waals surface area contributed by atoms with Crippen molar-refractivity contribution in [2.45, 2.75) is 26.1 Å². The normalized spacial score (nSPS) is 11.4. The molecule has 0 N–H and O–H groups in total. The van der Waals surface area contributed by atoms with Gasteiger partial charge in [0.2, 0.25) is 0 Å². The van der Waals surface area contributed by atoms with Gasteiger partial charge in [-0.05, 0) is 23.1 Å². The second kappa shape index (κ2) is 10.8. The molecule has 4 heteroatoms. The van der Waals surface area contributed by atoms with Crippen LogP contribution in [0.3, 0.4) is 0 Å². The molecule has 3 aromatic carbocycles. The number of hydrogen-bond donors (Lipinski definition) is 0. The second-order valence-electron chi connectivity index (χ2n) is 6.83. The Morgan fingerprint density at radius 2 is 1.07 bits per heavy atom. The van der Waals surface area contributed by atoms with Gasteiger partial charge in [-0.1, -0.05) is 91.0 Å². The third kappa shape index (κ3) is 6.92. The highest BCUT2D eigenvalue weighted by molar-refractivity contribution is 5.80. The molecule has 0 unspecified atom stereocenters. The number of carbonyl (C=O) groups is 2. The summed E-state index contributed by atoms with van der Waals surface area (Å²) in [4.78, 5) is 25.1. The summed E-state index contributed by atoms with van der Waals surface area (Å²) in [6.45, 7) is 0.376. The van der Waals surface area contributed by atoms with Crippen LogP contribution in [0, 0.1) is 5.92 Å². The molecular formula is C25H24O4. The van der Waals surface area contributed by atoms with Crippen molar-refractivity contribution in [1.29, 1.82) is 0 Å². The molecule has 29 heavy (non-hydrogen) atoms. The van der Waals surface area contributed by atoms with E-state index in [9.17, 15) is 9.59 Å². The monoisotopic (exact) mass is 388 g/mol. The Morgan fingerprint density at radius 3 is 1.59 bits per heavy atom. The Balaban J connectivity index is 1.60. The molecule has 3 rings (SSSR count). The zero-order chi connectivity index (χ0) is 20.3. The topological polar surface area (TPSA) is 52.6 Å². The van der Waals surface area contributed by atoms with Crippen LogP contribution in [0.4, 0.5) is 0 Å². The Bertz CT molecular complexity index is 892. The molecule has 148 valence electrons. The van der Waals surface area contributed by atoms with E-state index in [2.05, 4.69) is 0 Å². The molecule has 0 spiro atoms. The van der Waals surface area contributed by atoms with Gasteiger partial charge in [0.1, 0.15) is 13.2 Å². The smallest absolute Gasteiger partial charge is 0.310 e. The number of rotatable bonds is 9. The first-order valence-corrected chi connectivity index (χ1v) is 9.65. The fourth-order valence-electron chi connectivity index (χ4n) is 2.98. The van der Waals surface area contributed by atoms with E-state index in [1.165, 1.54) is 0 Å². The first-order valence-electron chi connectivity index (χ1n) is 9.65. The predicted octanol–water partition coefficient (Wildman–Crippen LogP) is 4.72. The summed E-state index contributed by atoms with van der Waals surface area (Å²) in [5.41, 5.74) is 2.79. The van der Waals surface area contributed by atoms with Crippen LogP contribution >= 0.6 is 0 Å². The van der Waals surface area contributed by atoms with E-state index in [4.69, 9.17) is 9.47 Å². The molecule has 3 aromatic rings. The van der Waals surface area contributed by atoms with E-state index >= 15 is 0 Å². The van der Waals surface area contributed by atoms with Crippen LogP contribution in [-0.4, -0.2) is 11.9 Å². The molecule has 0 heterocycles. The first-order chi connectivity index (χ1) is 14.2. The van der Waals surface area contributed by atoms with Gasteiger partial charge in [-0.25, -0.2) is 0 Å². The number of esters is 2. The SMILES string of the molecule is O=C(C[C@H](Cc1ccccc1)C(=O)OCc1ccccc1)OCc1ccccc1. The van der Waals surface area contributed by atoms with Crippen molar-refractivity contribution in [3.05, 3.63) is 108 Å². The van der Waals surface area contributed by atoms with Gasteiger partial charge < -0.3 is 9.47 Å². The molecule has 0 saturated carbocycles. The highest BCUT2D eigenvalue weighted by Crippen LogP contribution is 2.17. The van der Waals surface area contributed by atoms with Crippen LogP contribution < -0.4 is 0 Å². The summed E-state index contributed by atoms with van der Waals surface area (Å²) in [5.74, 6) is -1.40. The molecular weight excluding hydrogens is 364 g/mol. The van der Waals surface area contributed by atoms with Gasteiger partial charge in [0, 0.05) is 0 Å². The standard InChI is InChI=1S/C25H24O4/c26-24(28-18-21-12-6-2-7-13-21)17-23(16-20-10-4-1-5-11-20)25(27)29-19-22-14-8-3-9-15-22/h1-15,23H,16-19H2/t23-/m0/s1. The lowest BCUT2D eigenvalue weighted by atomic mass is 9.96. The molecule has 0 aromatic heterocycles. The summed E-state index contributed by atoms with van der Waals surface area (Å²) in [6, 6.07) is 28.6. The molecule has 0 amide bonds. The minimum absolute atomic E-state index is 0.0185. The molecule has 4 nitrogen and oxygen atoms in total. The largest absolute Gasteiger partial charge is 0.461 e. The van der Waals surface area contributed by atoms with Gasteiger partial charge in [0.25, 0.3) is 0 Å². The van der Waals surface area contributed by atoms with E-state index in [0.29, 0.717) is 6.42 Å². The van der Waals surface area contributed by atoms with Crippen molar-refractivity contribution < 1.29 is 19.1 Å². The zero-order valence-corrected chi connectivity index (χ0v) is 16.2. The molecule has 0 aliphatic heterocycles. The van der Waals surface area contributed by atoms with Crippen molar-refractivity contribution in [2.24, 2.45) is 5.92 Å². The van der Waals surface area contributed by atoms with Crippen molar-refractivity contribution in [3.8, 4) is 0 Å². The van der Waals surface area contributed by atoms with Gasteiger partial charge in [0.15, 0.2) is 0 Å². The van der Waals surface area contributed by atoms with E-state index in [1.807, 2.05) is 91.0 Å². The third-order valence-corrected chi connectivity index (χ3v) is 4.54. The first kappa shape index (κ1) is 20.3. The Kier molecular flexibility index (Phi) is 7.58. The van der Waals surface area contributed by atoms with Crippen LogP contribution in [-0.2, 0) is 38.7 Å². The fourth-order valence-corrected chi connectivity index (χ4v) is 2.98. The van der Waals surface area contributed by atoms with Gasteiger partial charge in [0.05, 0.1) is 12.3 Å². The number of benzene rings is 3. The summed E-state index contributed by atoms with van der Waals surface area (Å²) in [5, 5.41) is 0. The molecule has 0 radical (unpaired) electrons. The Labute approximate surface area is 171 Å². The third-order valence-electron chi connectivity index (χ3n) is 4.54. The van der Waals surface area contributed by atoms with Crippen molar-refractivity contribution in [2.75, 3.05) is 0 Å². The molecule has 0 aliphatic carbocycles. The van der Waals surface area contributed by atoms with Gasteiger partial charge in [-0.2, -0.15) is 0 Å². The van der Waals surface area contributed by atoms with Crippen molar-refractivity contribution >= 4 is 11.9 Å². The van der Waals surface area contributed by atoms with Crippen LogP contribution in [0.15, 0.2) is 91.0 Å². The summed E-state index contributed by atoms with van der Waals surface area (Å²) in [7, 11) is 0. The Hall–Kier alpha value is -3.40. The van der Waals surface area contributed by atoms with E-state index in [-0.39, 0.29) is 19.6 Å². The maximum atomic E-state index is 12.7.